The van der Waals surface area contributed by atoms with Crippen LogP contribution in [0.1, 0.15) is 5.82 Å². The maximum Gasteiger partial charge on any atom is 0.223 e. The van der Waals surface area contributed by atoms with Gasteiger partial charge in [0.25, 0.3) is 0 Å². The Morgan fingerprint density at radius 1 is 0.912 bits per heavy atom. The summed E-state index contributed by atoms with van der Waals surface area (Å²) in [5.41, 5.74) is 10.5. The van der Waals surface area contributed by atoms with Gasteiger partial charge in [0, 0.05) is 35.9 Å². The number of rotatable bonds is 5. The van der Waals surface area contributed by atoms with Gasteiger partial charge in [-0.2, -0.15) is 4.52 Å². The number of nitrogen functional groups attached to an aromatic ring is 1. The summed E-state index contributed by atoms with van der Waals surface area (Å²) in [4.78, 5) is 18.0. The molecule has 0 saturated carbocycles. The molecule has 0 aliphatic carbocycles. The molecular formula is C24H18FN9. The molecule has 3 N–H and O–H groups in total. The number of aromatic nitrogens is 7. The lowest BCUT2D eigenvalue weighted by Crippen LogP contribution is -2.06. The largest absolute Gasteiger partial charge is 0.368 e. The summed E-state index contributed by atoms with van der Waals surface area (Å²) in [6, 6.07) is 15.6. The third-order valence-corrected chi connectivity index (χ3v) is 5.44. The lowest BCUT2D eigenvalue weighted by molar-refractivity contribution is 0.628. The van der Waals surface area contributed by atoms with E-state index in [0.29, 0.717) is 35.1 Å². The van der Waals surface area contributed by atoms with Gasteiger partial charge in [0.2, 0.25) is 5.95 Å². The molecule has 5 aromatic heterocycles. The molecule has 0 fully saturated rings. The van der Waals surface area contributed by atoms with Crippen molar-refractivity contribution in [1.29, 1.82) is 0 Å². The number of halogens is 1. The van der Waals surface area contributed by atoms with Gasteiger partial charge >= 0.3 is 0 Å². The third kappa shape index (κ3) is 3.47. The highest BCUT2D eigenvalue weighted by molar-refractivity contribution is 5.90. The molecule has 0 aliphatic rings. The number of anilines is 2. The van der Waals surface area contributed by atoms with Gasteiger partial charge in [0.15, 0.2) is 11.5 Å². The van der Waals surface area contributed by atoms with Gasteiger partial charge in [0.05, 0.1) is 17.8 Å². The van der Waals surface area contributed by atoms with Crippen molar-refractivity contribution in [3.8, 4) is 22.4 Å². The van der Waals surface area contributed by atoms with Crippen molar-refractivity contribution in [3.05, 3.63) is 91.0 Å². The van der Waals surface area contributed by atoms with E-state index in [1.165, 1.54) is 16.6 Å². The molecule has 9 nitrogen and oxygen atoms in total. The smallest absolute Gasteiger partial charge is 0.223 e. The van der Waals surface area contributed by atoms with Gasteiger partial charge < -0.3 is 15.5 Å². The number of imidazole rings is 1. The SMILES string of the molecule is Nc1nc(-c2ccc(F)cc2)c(-c2ccc3nccn3c2)c2nc(CNc3ccccn3)nn12. The lowest BCUT2D eigenvalue weighted by atomic mass is 10.0. The van der Waals surface area contributed by atoms with Crippen molar-refractivity contribution < 1.29 is 4.39 Å². The third-order valence-electron chi connectivity index (χ3n) is 5.44. The molecule has 1 aromatic carbocycles. The van der Waals surface area contributed by atoms with Crippen LogP contribution in [0.15, 0.2) is 79.4 Å². The van der Waals surface area contributed by atoms with Crippen LogP contribution in [0.3, 0.4) is 0 Å². The van der Waals surface area contributed by atoms with Gasteiger partial charge in [-0.3, -0.25) is 0 Å². The maximum absolute atomic E-state index is 13.6. The molecule has 0 aliphatic heterocycles. The summed E-state index contributed by atoms with van der Waals surface area (Å²) in [6.07, 6.45) is 7.25. The number of hydrogen-bond acceptors (Lipinski definition) is 7. The minimum Gasteiger partial charge on any atom is -0.368 e. The zero-order valence-corrected chi connectivity index (χ0v) is 17.8. The summed E-state index contributed by atoms with van der Waals surface area (Å²) in [5.74, 6) is 1.09. The standard InChI is InChI=1S/C24H18FN9/c25-17-7-4-15(5-8-17)22-21(16-6-9-20-28-11-12-33(20)14-16)23-30-19(32-34(23)24(26)31-22)13-29-18-3-1-2-10-27-18/h1-12,14H,13H2,(H2,26,31)(H,27,29). The van der Waals surface area contributed by atoms with E-state index in [1.54, 1.807) is 24.5 Å². The Kier molecular flexibility index (Phi) is 4.61. The van der Waals surface area contributed by atoms with Crippen molar-refractivity contribution in [3.63, 3.8) is 0 Å². The molecule has 0 radical (unpaired) electrons. The van der Waals surface area contributed by atoms with E-state index >= 15 is 0 Å². The number of nitrogens with one attached hydrogen (secondary N) is 1. The Hall–Kier alpha value is -4.86. The molecule has 0 unspecified atom stereocenters. The predicted octanol–water partition coefficient (Wildman–Crippen LogP) is 3.83. The van der Waals surface area contributed by atoms with E-state index in [2.05, 4.69) is 25.4 Å². The van der Waals surface area contributed by atoms with E-state index in [4.69, 9.17) is 10.7 Å². The molecule has 6 aromatic rings. The fourth-order valence-corrected chi connectivity index (χ4v) is 3.86. The lowest BCUT2D eigenvalue weighted by Gasteiger charge is -2.12. The summed E-state index contributed by atoms with van der Waals surface area (Å²) >= 11 is 0. The minimum absolute atomic E-state index is 0.179. The van der Waals surface area contributed by atoms with E-state index < -0.39 is 0 Å². The number of pyridine rings is 2. The second-order valence-corrected chi connectivity index (χ2v) is 7.64. The molecule has 0 saturated heterocycles. The number of fused-ring (bicyclic) bond motifs is 2. The van der Waals surface area contributed by atoms with Gasteiger partial charge in [0.1, 0.15) is 17.3 Å². The Balaban J connectivity index is 1.54. The highest BCUT2D eigenvalue weighted by Gasteiger charge is 2.20. The van der Waals surface area contributed by atoms with Gasteiger partial charge in [-0.05, 0) is 48.5 Å². The Morgan fingerprint density at radius 3 is 2.59 bits per heavy atom. The zero-order chi connectivity index (χ0) is 23.1. The number of benzene rings is 1. The number of nitrogens with two attached hydrogens (primary N) is 1. The Morgan fingerprint density at radius 2 is 1.76 bits per heavy atom. The zero-order valence-electron chi connectivity index (χ0n) is 17.8. The van der Waals surface area contributed by atoms with E-state index in [1.807, 2.05) is 47.1 Å². The molecule has 0 atom stereocenters. The second-order valence-electron chi connectivity index (χ2n) is 7.64. The van der Waals surface area contributed by atoms with Crippen LogP contribution in [0.4, 0.5) is 16.2 Å². The molecule has 34 heavy (non-hydrogen) atoms. The first-order valence-electron chi connectivity index (χ1n) is 10.5. The van der Waals surface area contributed by atoms with E-state index in [9.17, 15) is 4.39 Å². The van der Waals surface area contributed by atoms with Gasteiger partial charge in [-0.25, -0.2) is 24.3 Å². The van der Waals surface area contributed by atoms with Crippen molar-refractivity contribution in [1.82, 2.24) is 34.0 Å². The molecule has 166 valence electrons. The monoisotopic (exact) mass is 451 g/mol. The van der Waals surface area contributed by atoms with Crippen LogP contribution in [-0.2, 0) is 6.54 Å². The summed E-state index contributed by atoms with van der Waals surface area (Å²) in [6.45, 7) is 0.351. The highest BCUT2D eigenvalue weighted by atomic mass is 19.1. The van der Waals surface area contributed by atoms with Crippen LogP contribution in [0, 0.1) is 5.82 Å². The number of hydrogen-bond donors (Lipinski definition) is 2. The van der Waals surface area contributed by atoms with Crippen molar-refractivity contribution in [2.24, 2.45) is 0 Å². The van der Waals surface area contributed by atoms with Gasteiger partial charge in [-0.15, -0.1) is 5.10 Å². The fourth-order valence-electron chi connectivity index (χ4n) is 3.86. The summed E-state index contributed by atoms with van der Waals surface area (Å²) < 4.78 is 17.1. The quantitative estimate of drug-likeness (QED) is 0.410. The first kappa shape index (κ1) is 19.8. The van der Waals surface area contributed by atoms with Crippen LogP contribution in [0.5, 0.6) is 0 Å². The molecule has 10 heteroatoms. The van der Waals surface area contributed by atoms with Crippen LogP contribution in [-0.4, -0.2) is 34.0 Å². The van der Waals surface area contributed by atoms with Crippen molar-refractivity contribution in [2.75, 3.05) is 11.1 Å². The van der Waals surface area contributed by atoms with Crippen LogP contribution < -0.4 is 11.1 Å². The number of nitrogens with zero attached hydrogens (tertiary/aromatic N) is 7. The second kappa shape index (κ2) is 7.93. The average molecular weight is 451 g/mol. The fraction of sp³-hybridized carbons (Fsp3) is 0.0417. The van der Waals surface area contributed by atoms with Crippen LogP contribution in [0.2, 0.25) is 0 Å². The van der Waals surface area contributed by atoms with Crippen LogP contribution in [0.25, 0.3) is 33.7 Å². The van der Waals surface area contributed by atoms with E-state index in [-0.39, 0.29) is 11.8 Å². The van der Waals surface area contributed by atoms with Crippen molar-refractivity contribution in [2.45, 2.75) is 6.54 Å². The Bertz CT molecular complexity index is 1620. The topological polar surface area (TPSA) is 111 Å². The predicted molar refractivity (Wildman–Crippen MR) is 126 cm³/mol. The molecule has 0 bridgehead atoms. The van der Waals surface area contributed by atoms with E-state index in [0.717, 1.165) is 16.8 Å². The summed E-state index contributed by atoms with van der Waals surface area (Å²) in [5, 5.41) is 7.77. The minimum atomic E-state index is -0.329. The summed E-state index contributed by atoms with van der Waals surface area (Å²) in [7, 11) is 0. The maximum atomic E-state index is 13.6. The average Bonchev–Trinajstić information content (AvgIpc) is 3.51. The molecule has 0 spiro atoms. The molecule has 0 amide bonds. The molecule has 6 rings (SSSR count). The Labute approximate surface area is 192 Å². The van der Waals surface area contributed by atoms with Gasteiger partial charge in [-0.1, -0.05) is 6.07 Å². The van der Waals surface area contributed by atoms with Crippen LogP contribution >= 0.6 is 0 Å². The highest BCUT2D eigenvalue weighted by Crippen LogP contribution is 2.35. The normalized spacial score (nSPS) is 11.3. The molecular weight excluding hydrogens is 433 g/mol. The molecule has 5 heterocycles. The first-order valence-corrected chi connectivity index (χ1v) is 10.5. The van der Waals surface area contributed by atoms with Crippen molar-refractivity contribution >= 4 is 23.1 Å². The first-order chi connectivity index (χ1) is 16.7.